The van der Waals surface area contributed by atoms with Gasteiger partial charge in [0.25, 0.3) is 0 Å². The first kappa shape index (κ1) is 16.7. The van der Waals surface area contributed by atoms with E-state index in [4.69, 9.17) is 0 Å². The van der Waals surface area contributed by atoms with Crippen molar-refractivity contribution in [2.45, 2.75) is 39.9 Å². The van der Waals surface area contributed by atoms with Crippen molar-refractivity contribution in [2.24, 2.45) is 0 Å². The summed E-state index contributed by atoms with van der Waals surface area (Å²) in [6, 6.07) is 2.60. The summed E-state index contributed by atoms with van der Waals surface area (Å²) in [5.74, 6) is -0.427. The molecule has 0 aliphatic carbocycles. The summed E-state index contributed by atoms with van der Waals surface area (Å²) in [5, 5.41) is 18.9. The molecule has 0 saturated carbocycles. The van der Waals surface area contributed by atoms with Gasteiger partial charge in [-0.15, -0.1) is 0 Å². The van der Waals surface area contributed by atoms with Gasteiger partial charge in [-0.3, -0.25) is 9.48 Å². The van der Waals surface area contributed by atoms with Crippen molar-refractivity contribution in [2.75, 3.05) is 7.05 Å². The molecule has 2 aromatic heterocycles. The minimum Gasteiger partial charge on any atom is -0.358 e. The number of likely N-dealkylation sites (N-methyl/N-ethyl adjacent to an activating group) is 1. The molecule has 0 radical (unpaired) electrons. The van der Waals surface area contributed by atoms with Crippen molar-refractivity contribution in [1.29, 1.82) is 0 Å². The van der Waals surface area contributed by atoms with Crippen molar-refractivity contribution in [3.8, 4) is 0 Å². The molecule has 0 saturated heterocycles. The number of nitrogens with zero attached hydrogens (tertiary/aromatic N) is 6. The second-order valence-corrected chi connectivity index (χ2v) is 5.35. The van der Waals surface area contributed by atoms with Crippen molar-refractivity contribution in [3.63, 3.8) is 0 Å². The van der Waals surface area contributed by atoms with E-state index in [1.54, 1.807) is 32.0 Å². The van der Waals surface area contributed by atoms with Crippen LogP contribution in [-0.2, 0) is 17.9 Å². The molecule has 1 unspecified atom stereocenters. The Hall–Kier alpha value is -2.71. The summed E-state index contributed by atoms with van der Waals surface area (Å²) >= 11 is 0. The molecule has 0 aromatic carbocycles. The van der Waals surface area contributed by atoms with Gasteiger partial charge in [0.1, 0.15) is 6.04 Å². The molecular weight excluding hydrogens is 300 g/mol. The Morgan fingerprint density at radius 2 is 2.22 bits per heavy atom. The minimum atomic E-state index is -0.619. The van der Waals surface area contributed by atoms with E-state index in [0.717, 1.165) is 12.2 Å². The van der Waals surface area contributed by atoms with E-state index in [2.05, 4.69) is 10.2 Å². The summed E-state index contributed by atoms with van der Waals surface area (Å²) in [6.45, 7) is 6.49. The van der Waals surface area contributed by atoms with Crippen LogP contribution >= 0.6 is 0 Å². The Labute approximate surface area is 133 Å². The lowest BCUT2D eigenvalue weighted by atomic mass is 10.2. The molecule has 2 heterocycles. The molecule has 9 heteroatoms. The Balaban J connectivity index is 2.14. The van der Waals surface area contributed by atoms with Crippen LogP contribution in [0.25, 0.3) is 0 Å². The molecular formula is C14H20N6O3. The maximum Gasteiger partial charge on any atom is 0.390 e. The second-order valence-electron chi connectivity index (χ2n) is 5.35. The zero-order valence-electron chi connectivity index (χ0n) is 13.6. The number of carbonyl (C=O) groups is 1. The van der Waals surface area contributed by atoms with Crippen LogP contribution in [-0.4, -0.2) is 42.3 Å². The van der Waals surface area contributed by atoms with E-state index in [1.165, 1.54) is 10.7 Å². The van der Waals surface area contributed by atoms with Crippen LogP contribution in [0.2, 0.25) is 0 Å². The smallest absolute Gasteiger partial charge is 0.358 e. The normalized spacial score (nSPS) is 12.2. The average molecular weight is 320 g/mol. The Morgan fingerprint density at radius 1 is 1.52 bits per heavy atom. The fourth-order valence-electron chi connectivity index (χ4n) is 2.48. The van der Waals surface area contributed by atoms with Gasteiger partial charge in [-0.2, -0.15) is 9.78 Å². The summed E-state index contributed by atoms with van der Waals surface area (Å²) < 4.78 is 3.20. The van der Waals surface area contributed by atoms with Gasteiger partial charge in [0.2, 0.25) is 5.91 Å². The molecule has 9 nitrogen and oxygen atoms in total. The molecule has 0 aliphatic rings. The highest BCUT2D eigenvalue weighted by atomic mass is 16.6. The molecule has 0 spiro atoms. The number of aryl methyl sites for hydroxylation is 2. The molecule has 0 bridgehead atoms. The maximum absolute atomic E-state index is 12.6. The number of aromatic nitrogens is 4. The molecule has 1 atom stereocenters. The topological polar surface area (TPSA) is 99.1 Å². The highest BCUT2D eigenvalue weighted by Crippen LogP contribution is 2.18. The van der Waals surface area contributed by atoms with E-state index in [1.807, 2.05) is 17.7 Å². The molecule has 124 valence electrons. The van der Waals surface area contributed by atoms with E-state index >= 15 is 0 Å². The lowest BCUT2D eigenvalue weighted by Gasteiger charge is -2.21. The number of amides is 1. The number of nitro groups is 1. The van der Waals surface area contributed by atoms with Gasteiger partial charge in [0.05, 0.1) is 29.1 Å². The first-order valence-corrected chi connectivity index (χ1v) is 7.31. The van der Waals surface area contributed by atoms with Gasteiger partial charge in [-0.05, 0) is 31.8 Å². The number of hydrogen-bond acceptors (Lipinski definition) is 5. The summed E-state index contributed by atoms with van der Waals surface area (Å²) in [7, 11) is 1.69. The number of hydrogen-bond donors (Lipinski definition) is 0. The van der Waals surface area contributed by atoms with Gasteiger partial charge in [0, 0.05) is 19.8 Å². The van der Waals surface area contributed by atoms with Crippen molar-refractivity contribution < 1.29 is 9.72 Å². The Morgan fingerprint density at radius 3 is 2.78 bits per heavy atom. The van der Waals surface area contributed by atoms with Crippen molar-refractivity contribution >= 4 is 11.7 Å². The zero-order chi connectivity index (χ0) is 17.1. The molecule has 0 aliphatic heterocycles. The van der Waals surface area contributed by atoms with E-state index in [0.29, 0.717) is 12.2 Å². The van der Waals surface area contributed by atoms with Crippen LogP contribution in [0.1, 0.15) is 31.3 Å². The summed E-state index contributed by atoms with van der Waals surface area (Å²) in [5.41, 5.74) is 1.50. The lowest BCUT2D eigenvalue weighted by Crippen LogP contribution is -2.34. The standard InChI is InChI=1S/C14H20N6O3/c1-5-18-12(6-7-15-18)9-17(4)14(21)11(3)19-10(2)8-13(16-19)20(22)23/h6-8,11H,5,9H2,1-4H3. The average Bonchev–Trinajstić information content (AvgIpc) is 3.11. The third-order valence-corrected chi connectivity index (χ3v) is 3.70. The van der Waals surface area contributed by atoms with Crippen LogP contribution < -0.4 is 0 Å². The van der Waals surface area contributed by atoms with Gasteiger partial charge >= 0.3 is 5.82 Å². The molecule has 0 N–H and O–H groups in total. The predicted molar refractivity (Wildman–Crippen MR) is 82.7 cm³/mol. The Kier molecular flexibility index (Phi) is 4.77. The first-order valence-electron chi connectivity index (χ1n) is 7.31. The number of rotatable bonds is 6. The van der Waals surface area contributed by atoms with Crippen LogP contribution in [0, 0.1) is 17.0 Å². The van der Waals surface area contributed by atoms with Crippen molar-refractivity contribution in [3.05, 3.63) is 39.8 Å². The number of carbonyl (C=O) groups excluding carboxylic acids is 1. The van der Waals surface area contributed by atoms with Crippen LogP contribution in [0.4, 0.5) is 5.82 Å². The van der Waals surface area contributed by atoms with Gasteiger partial charge in [-0.1, -0.05) is 0 Å². The summed E-state index contributed by atoms with van der Waals surface area (Å²) in [4.78, 5) is 24.4. The molecule has 0 fully saturated rings. The molecule has 1 amide bonds. The highest BCUT2D eigenvalue weighted by molar-refractivity contribution is 5.79. The van der Waals surface area contributed by atoms with E-state index < -0.39 is 11.0 Å². The third-order valence-electron chi connectivity index (χ3n) is 3.70. The monoisotopic (exact) mass is 320 g/mol. The minimum absolute atomic E-state index is 0.171. The summed E-state index contributed by atoms with van der Waals surface area (Å²) in [6.07, 6.45) is 1.70. The predicted octanol–water partition coefficient (Wildman–Crippen LogP) is 1.54. The maximum atomic E-state index is 12.6. The van der Waals surface area contributed by atoms with Crippen LogP contribution in [0.5, 0.6) is 0 Å². The van der Waals surface area contributed by atoms with Crippen molar-refractivity contribution in [1.82, 2.24) is 24.5 Å². The quantitative estimate of drug-likeness (QED) is 0.594. The molecule has 23 heavy (non-hydrogen) atoms. The lowest BCUT2D eigenvalue weighted by molar-refractivity contribution is -0.389. The van der Waals surface area contributed by atoms with E-state index in [-0.39, 0.29) is 11.7 Å². The fraction of sp³-hybridized carbons (Fsp3) is 0.500. The van der Waals surface area contributed by atoms with Gasteiger partial charge < -0.3 is 15.0 Å². The fourth-order valence-corrected chi connectivity index (χ4v) is 2.48. The second kappa shape index (κ2) is 6.59. The molecule has 2 rings (SSSR count). The largest absolute Gasteiger partial charge is 0.390 e. The molecule has 2 aromatic rings. The zero-order valence-corrected chi connectivity index (χ0v) is 13.6. The van der Waals surface area contributed by atoms with Crippen LogP contribution in [0.3, 0.4) is 0 Å². The Bertz CT molecular complexity index is 720. The van der Waals surface area contributed by atoms with Gasteiger partial charge in [0.15, 0.2) is 0 Å². The highest BCUT2D eigenvalue weighted by Gasteiger charge is 2.27. The van der Waals surface area contributed by atoms with E-state index in [9.17, 15) is 14.9 Å². The first-order chi connectivity index (χ1) is 10.8. The van der Waals surface area contributed by atoms with Gasteiger partial charge in [-0.25, -0.2) is 0 Å². The third kappa shape index (κ3) is 3.38. The van der Waals surface area contributed by atoms with Crippen LogP contribution in [0.15, 0.2) is 18.3 Å². The SMILES string of the molecule is CCn1nccc1CN(C)C(=O)C(C)n1nc([N+](=O)[O-])cc1C.